The molecular formula is C17H22N2O. The highest BCUT2D eigenvalue weighted by atomic mass is 16.4. The third-order valence-corrected chi connectivity index (χ3v) is 4.26. The summed E-state index contributed by atoms with van der Waals surface area (Å²) in [5.41, 5.74) is 2.49. The van der Waals surface area contributed by atoms with Crippen LogP contribution in [-0.2, 0) is 0 Å². The molecule has 1 aliphatic rings. The average Bonchev–Trinajstić information content (AvgIpc) is 3.17. The minimum Gasteiger partial charge on any atom is -0.439 e. The molecule has 1 aromatic carbocycles. The predicted octanol–water partition coefficient (Wildman–Crippen LogP) is 4.28. The Hall–Kier alpha value is -1.61. The minimum atomic E-state index is 0.295. The van der Waals surface area contributed by atoms with E-state index in [1.807, 2.05) is 6.20 Å². The van der Waals surface area contributed by atoms with Gasteiger partial charge in [-0.2, -0.15) is 0 Å². The van der Waals surface area contributed by atoms with Gasteiger partial charge in [0.05, 0.1) is 12.2 Å². The van der Waals surface area contributed by atoms with Crippen molar-refractivity contribution in [3.63, 3.8) is 0 Å². The number of nitrogens with one attached hydrogen (secondary N) is 1. The number of oxazole rings is 1. The Morgan fingerprint density at radius 3 is 2.80 bits per heavy atom. The maximum atomic E-state index is 5.91. The summed E-state index contributed by atoms with van der Waals surface area (Å²) in [5, 5.41) is 3.41. The topological polar surface area (TPSA) is 38.1 Å². The quantitative estimate of drug-likeness (QED) is 0.901. The van der Waals surface area contributed by atoms with E-state index in [-0.39, 0.29) is 0 Å². The zero-order valence-corrected chi connectivity index (χ0v) is 12.2. The van der Waals surface area contributed by atoms with Crippen LogP contribution in [0, 0.1) is 0 Å². The van der Waals surface area contributed by atoms with Crippen molar-refractivity contribution in [1.82, 2.24) is 10.3 Å². The number of hydrogen-bond donors (Lipinski definition) is 1. The van der Waals surface area contributed by atoms with E-state index in [0.717, 1.165) is 30.2 Å². The first-order valence-corrected chi connectivity index (χ1v) is 7.57. The average molecular weight is 270 g/mol. The van der Waals surface area contributed by atoms with Gasteiger partial charge in [-0.1, -0.05) is 38.1 Å². The maximum Gasteiger partial charge on any atom is 0.212 e. The van der Waals surface area contributed by atoms with Crippen molar-refractivity contribution in [3.05, 3.63) is 41.9 Å². The minimum absolute atomic E-state index is 0.295. The van der Waals surface area contributed by atoms with Crippen LogP contribution in [0.1, 0.15) is 56.5 Å². The van der Waals surface area contributed by atoms with Crippen LogP contribution in [0.3, 0.4) is 0 Å². The monoisotopic (exact) mass is 270 g/mol. The molecule has 3 heteroatoms. The molecule has 0 amide bonds. The fourth-order valence-electron chi connectivity index (χ4n) is 2.69. The van der Waals surface area contributed by atoms with Gasteiger partial charge in [0.1, 0.15) is 0 Å². The molecular weight excluding hydrogens is 248 g/mol. The molecule has 106 valence electrons. The van der Waals surface area contributed by atoms with E-state index in [2.05, 4.69) is 48.4 Å². The second kappa shape index (κ2) is 5.80. The van der Waals surface area contributed by atoms with Gasteiger partial charge in [0, 0.05) is 5.56 Å². The van der Waals surface area contributed by atoms with Crippen molar-refractivity contribution in [3.8, 4) is 11.3 Å². The lowest BCUT2D eigenvalue weighted by Gasteiger charge is -2.09. The van der Waals surface area contributed by atoms with Crippen LogP contribution < -0.4 is 5.32 Å². The molecule has 2 atom stereocenters. The zero-order chi connectivity index (χ0) is 13.9. The molecule has 2 heterocycles. The molecule has 2 unspecified atom stereocenters. The number of aromatic nitrogens is 1. The smallest absolute Gasteiger partial charge is 0.212 e. The van der Waals surface area contributed by atoms with Crippen LogP contribution in [0.15, 0.2) is 34.9 Å². The highest BCUT2D eigenvalue weighted by Crippen LogP contribution is 2.28. The van der Waals surface area contributed by atoms with Crippen LogP contribution in [0.4, 0.5) is 0 Å². The molecule has 1 fully saturated rings. The largest absolute Gasteiger partial charge is 0.439 e. The van der Waals surface area contributed by atoms with Gasteiger partial charge in [-0.3, -0.25) is 0 Å². The Morgan fingerprint density at radius 1 is 1.35 bits per heavy atom. The lowest BCUT2D eigenvalue weighted by molar-refractivity contribution is 0.437. The molecule has 20 heavy (non-hydrogen) atoms. The molecule has 3 rings (SSSR count). The molecule has 0 radical (unpaired) electrons. The summed E-state index contributed by atoms with van der Waals surface area (Å²) >= 11 is 0. The summed E-state index contributed by atoms with van der Waals surface area (Å²) in [4.78, 5) is 4.42. The van der Waals surface area contributed by atoms with Gasteiger partial charge in [0.2, 0.25) is 5.89 Å². The van der Waals surface area contributed by atoms with Gasteiger partial charge < -0.3 is 9.73 Å². The summed E-state index contributed by atoms with van der Waals surface area (Å²) in [6.07, 6.45) is 5.33. The van der Waals surface area contributed by atoms with Gasteiger partial charge in [-0.25, -0.2) is 4.98 Å². The Morgan fingerprint density at radius 2 is 2.15 bits per heavy atom. The van der Waals surface area contributed by atoms with Crippen molar-refractivity contribution >= 4 is 0 Å². The van der Waals surface area contributed by atoms with E-state index in [9.17, 15) is 0 Å². The van der Waals surface area contributed by atoms with Crippen LogP contribution in [0.5, 0.6) is 0 Å². The molecule has 1 aliphatic heterocycles. The van der Waals surface area contributed by atoms with E-state index in [1.165, 1.54) is 18.4 Å². The van der Waals surface area contributed by atoms with Crippen molar-refractivity contribution < 1.29 is 4.42 Å². The second-order valence-electron chi connectivity index (χ2n) is 5.64. The Labute approximate surface area is 120 Å². The van der Waals surface area contributed by atoms with Crippen LogP contribution in [-0.4, -0.2) is 11.5 Å². The zero-order valence-electron chi connectivity index (χ0n) is 12.2. The molecule has 0 aliphatic carbocycles. The lowest BCUT2D eigenvalue weighted by atomic mass is 9.97. The third kappa shape index (κ3) is 2.63. The number of benzene rings is 1. The molecule has 0 bridgehead atoms. The molecule has 1 aromatic heterocycles. The van der Waals surface area contributed by atoms with Gasteiger partial charge >= 0.3 is 0 Å². The Bertz CT molecular complexity index is 553. The number of rotatable bonds is 4. The van der Waals surface area contributed by atoms with Crippen LogP contribution in [0.2, 0.25) is 0 Å². The maximum absolute atomic E-state index is 5.91. The highest BCUT2D eigenvalue weighted by molar-refractivity contribution is 5.57. The van der Waals surface area contributed by atoms with E-state index in [0.29, 0.717) is 12.0 Å². The third-order valence-electron chi connectivity index (χ3n) is 4.26. The second-order valence-corrected chi connectivity index (χ2v) is 5.64. The standard InChI is InChI=1S/C17H22N2O/c1-3-12(2)13-6-8-14(9-7-13)16-11-19-17(20-16)15-5-4-10-18-15/h6-9,11-12,15,18H,3-5,10H2,1-2H3. The van der Waals surface area contributed by atoms with Gasteiger partial charge in [0.25, 0.3) is 0 Å². The van der Waals surface area contributed by atoms with Gasteiger partial charge in [-0.05, 0) is 37.3 Å². The van der Waals surface area contributed by atoms with E-state index in [4.69, 9.17) is 4.42 Å². The molecule has 1 saturated heterocycles. The molecule has 0 saturated carbocycles. The number of hydrogen-bond acceptors (Lipinski definition) is 3. The fourth-order valence-corrected chi connectivity index (χ4v) is 2.69. The first kappa shape index (κ1) is 13.4. The summed E-state index contributed by atoms with van der Waals surface area (Å²) in [6, 6.07) is 8.95. The Balaban J connectivity index is 1.78. The summed E-state index contributed by atoms with van der Waals surface area (Å²) in [6.45, 7) is 5.54. The normalized spacial score (nSPS) is 20.2. The van der Waals surface area contributed by atoms with Crippen LogP contribution in [0.25, 0.3) is 11.3 Å². The first-order chi connectivity index (χ1) is 9.78. The summed E-state index contributed by atoms with van der Waals surface area (Å²) in [5.74, 6) is 2.30. The molecule has 3 nitrogen and oxygen atoms in total. The van der Waals surface area contributed by atoms with E-state index < -0.39 is 0 Å². The SMILES string of the molecule is CCC(C)c1ccc(-c2cnc(C3CCCN3)o2)cc1. The van der Waals surface area contributed by atoms with E-state index in [1.54, 1.807) is 0 Å². The first-order valence-electron chi connectivity index (χ1n) is 7.57. The molecule has 2 aromatic rings. The van der Waals surface area contributed by atoms with Crippen molar-refractivity contribution in [2.24, 2.45) is 0 Å². The van der Waals surface area contributed by atoms with Crippen molar-refractivity contribution in [2.75, 3.05) is 6.54 Å². The van der Waals surface area contributed by atoms with Gasteiger partial charge in [0.15, 0.2) is 5.76 Å². The summed E-state index contributed by atoms with van der Waals surface area (Å²) < 4.78 is 5.91. The lowest BCUT2D eigenvalue weighted by Crippen LogP contribution is -2.12. The number of nitrogens with zero attached hydrogens (tertiary/aromatic N) is 1. The van der Waals surface area contributed by atoms with Crippen molar-refractivity contribution in [1.29, 1.82) is 0 Å². The highest BCUT2D eigenvalue weighted by Gasteiger charge is 2.21. The summed E-state index contributed by atoms with van der Waals surface area (Å²) in [7, 11) is 0. The fraction of sp³-hybridized carbons (Fsp3) is 0.471. The molecule has 1 N–H and O–H groups in total. The Kier molecular flexibility index (Phi) is 3.88. The van der Waals surface area contributed by atoms with Crippen molar-refractivity contribution in [2.45, 2.75) is 45.1 Å². The predicted molar refractivity (Wildman–Crippen MR) is 80.6 cm³/mol. The van der Waals surface area contributed by atoms with Gasteiger partial charge in [-0.15, -0.1) is 0 Å². The van der Waals surface area contributed by atoms with Crippen LogP contribution >= 0.6 is 0 Å². The van der Waals surface area contributed by atoms with E-state index >= 15 is 0 Å². The molecule has 0 spiro atoms.